The van der Waals surface area contributed by atoms with Crippen LogP contribution in [0.4, 0.5) is 0 Å². The second-order valence-electron chi connectivity index (χ2n) is 3.35. The standard InChI is InChI=1S/C12H10BrNO/c1-9-8-14(12(15)7-11(9)13)10-5-3-2-4-6-10/h2-8H,1H3. The van der Waals surface area contributed by atoms with Gasteiger partial charge in [-0.05, 0) is 24.6 Å². The van der Waals surface area contributed by atoms with Gasteiger partial charge in [0.1, 0.15) is 0 Å². The fraction of sp³-hybridized carbons (Fsp3) is 0.0833. The highest BCUT2D eigenvalue weighted by Gasteiger charge is 2.02. The summed E-state index contributed by atoms with van der Waals surface area (Å²) in [6.07, 6.45) is 1.84. The van der Waals surface area contributed by atoms with E-state index in [9.17, 15) is 4.79 Å². The molecular weight excluding hydrogens is 254 g/mol. The highest BCUT2D eigenvalue weighted by atomic mass is 79.9. The van der Waals surface area contributed by atoms with Crippen molar-refractivity contribution in [1.29, 1.82) is 0 Å². The van der Waals surface area contributed by atoms with Crippen LogP contribution >= 0.6 is 15.9 Å². The number of hydrogen-bond donors (Lipinski definition) is 0. The molecule has 0 bridgehead atoms. The van der Waals surface area contributed by atoms with Crippen LogP contribution in [0.3, 0.4) is 0 Å². The minimum absolute atomic E-state index is 0.0290. The summed E-state index contributed by atoms with van der Waals surface area (Å²) in [5.74, 6) is 0. The Morgan fingerprint density at radius 3 is 2.53 bits per heavy atom. The molecule has 15 heavy (non-hydrogen) atoms. The molecule has 0 saturated carbocycles. The summed E-state index contributed by atoms with van der Waals surface area (Å²) in [5.41, 5.74) is 1.90. The molecule has 0 atom stereocenters. The SMILES string of the molecule is Cc1cn(-c2ccccc2)c(=O)cc1Br. The van der Waals surface area contributed by atoms with Gasteiger partial charge >= 0.3 is 0 Å². The lowest BCUT2D eigenvalue weighted by Gasteiger charge is -2.07. The van der Waals surface area contributed by atoms with Gasteiger partial charge in [0.25, 0.3) is 5.56 Å². The fourth-order valence-corrected chi connectivity index (χ4v) is 1.70. The lowest BCUT2D eigenvalue weighted by atomic mass is 10.3. The maximum Gasteiger partial charge on any atom is 0.256 e. The van der Waals surface area contributed by atoms with E-state index in [0.29, 0.717) is 0 Å². The maximum atomic E-state index is 11.7. The molecule has 0 unspecified atom stereocenters. The number of aryl methyl sites for hydroxylation is 1. The first kappa shape index (κ1) is 10.2. The molecule has 3 heteroatoms. The molecular formula is C12H10BrNO. The molecule has 0 fully saturated rings. The van der Waals surface area contributed by atoms with Crippen molar-refractivity contribution < 1.29 is 0 Å². The average Bonchev–Trinajstić information content (AvgIpc) is 2.25. The van der Waals surface area contributed by atoms with Crippen LogP contribution in [0.5, 0.6) is 0 Å². The minimum Gasteiger partial charge on any atom is -0.284 e. The van der Waals surface area contributed by atoms with Crippen molar-refractivity contribution in [2.75, 3.05) is 0 Å². The highest BCUT2D eigenvalue weighted by molar-refractivity contribution is 9.10. The third-order valence-electron chi connectivity index (χ3n) is 2.22. The normalized spacial score (nSPS) is 10.3. The Hall–Kier alpha value is -1.35. The van der Waals surface area contributed by atoms with Gasteiger partial charge in [-0.2, -0.15) is 0 Å². The van der Waals surface area contributed by atoms with Crippen molar-refractivity contribution in [3.8, 4) is 5.69 Å². The molecule has 2 nitrogen and oxygen atoms in total. The highest BCUT2D eigenvalue weighted by Crippen LogP contribution is 2.14. The van der Waals surface area contributed by atoms with Crippen molar-refractivity contribution in [1.82, 2.24) is 4.57 Å². The fourth-order valence-electron chi connectivity index (χ4n) is 1.40. The predicted molar refractivity (Wildman–Crippen MR) is 64.5 cm³/mol. The van der Waals surface area contributed by atoms with Gasteiger partial charge in [-0.1, -0.05) is 34.1 Å². The number of aromatic nitrogens is 1. The molecule has 2 rings (SSSR count). The van der Waals surface area contributed by atoms with Crippen molar-refractivity contribution in [2.45, 2.75) is 6.92 Å². The van der Waals surface area contributed by atoms with Crippen molar-refractivity contribution in [2.24, 2.45) is 0 Å². The van der Waals surface area contributed by atoms with Gasteiger partial charge in [-0.25, -0.2) is 0 Å². The van der Waals surface area contributed by atoms with Crippen LogP contribution in [-0.4, -0.2) is 4.57 Å². The summed E-state index contributed by atoms with van der Waals surface area (Å²) >= 11 is 3.34. The second-order valence-corrected chi connectivity index (χ2v) is 4.20. The number of hydrogen-bond acceptors (Lipinski definition) is 1. The van der Waals surface area contributed by atoms with Crippen LogP contribution in [-0.2, 0) is 0 Å². The van der Waals surface area contributed by atoms with Gasteiger partial charge in [0.15, 0.2) is 0 Å². The van der Waals surface area contributed by atoms with E-state index < -0.39 is 0 Å². The number of pyridine rings is 1. The molecule has 0 aliphatic rings. The van der Waals surface area contributed by atoms with E-state index in [2.05, 4.69) is 15.9 Å². The summed E-state index contributed by atoms with van der Waals surface area (Å²) in [6.45, 7) is 1.96. The average molecular weight is 264 g/mol. The minimum atomic E-state index is -0.0290. The van der Waals surface area contributed by atoms with Crippen LogP contribution in [0.25, 0.3) is 5.69 Å². The summed E-state index contributed by atoms with van der Waals surface area (Å²) in [5, 5.41) is 0. The van der Waals surface area contributed by atoms with Crippen LogP contribution in [0.1, 0.15) is 5.56 Å². The van der Waals surface area contributed by atoms with E-state index in [1.807, 2.05) is 43.5 Å². The summed E-state index contributed by atoms with van der Waals surface area (Å²) in [7, 11) is 0. The van der Waals surface area contributed by atoms with Gasteiger partial charge in [-0.15, -0.1) is 0 Å². The molecule has 0 N–H and O–H groups in total. The van der Waals surface area contributed by atoms with Crippen LogP contribution < -0.4 is 5.56 Å². The molecule has 0 aliphatic heterocycles. The van der Waals surface area contributed by atoms with E-state index in [1.54, 1.807) is 10.6 Å². The number of para-hydroxylation sites is 1. The Kier molecular flexibility index (Phi) is 2.73. The molecule has 2 aromatic rings. The van der Waals surface area contributed by atoms with Crippen molar-refractivity contribution in [3.63, 3.8) is 0 Å². The maximum absolute atomic E-state index is 11.7. The topological polar surface area (TPSA) is 22.0 Å². The monoisotopic (exact) mass is 263 g/mol. The zero-order chi connectivity index (χ0) is 10.8. The molecule has 1 aromatic heterocycles. The van der Waals surface area contributed by atoms with Gasteiger partial charge in [0.2, 0.25) is 0 Å². The number of benzene rings is 1. The summed E-state index contributed by atoms with van der Waals surface area (Å²) in [6, 6.07) is 11.2. The van der Waals surface area contributed by atoms with Crippen molar-refractivity contribution >= 4 is 15.9 Å². The van der Waals surface area contributed by atoms with Crippen molar-refractivity contribution in [3.05, 3.63) is 63.0 Å². The predicted octanol–water partition coefficient (Wildman–Crippen LogP) is 2.91. The van der Waals surface area contributed by atoms with Crippen LogP contribution in [0.2, 0.25) is 0 Å². The van der Waals surface area contributed by atoms with E-state index in [-0.39, 0.29) is 5.56 Å². The number of rotatable bonds is 1. The zero-order valence-corrected chi connectivity index (χ0v) is 9.86. The third kappa shape index (κ3) is 2.02. The van der Waals surface area contributed by atoms with Crippen LogP contribution in [0.15, 0.2) is 51.9 Å². The largest absolute Gasteiger partial charge is 0.284 e. The smallest absolute Gasteiger partial charge is 0.256 e. The van der Waals surface area contributed by atoms with Gasteiger partial charge in [-0.3, -0.25) is 9.36 Å². The number of halogens is 1. The molecule has 1 aromatic carbocycles. The molecule has 0 aliphatic carbocycles. The lowest BCUT2D eigenvalue weighted by molar-refractivity contribution is 0.971. The van der Waals surface area contributed by atoms with E-state index in [0.717, 1.165) is 15.7 Å². The second kappa shape index (κ2) is 4.03. The Morgan fingerprint density at radius 2 is 1.87 bits per heavy atom. The molecule has 0 spiro atoms. The Bertz CT molecular complexity index is 531. The first-order valence-corrected chi connectivity index (χ1v) is 5.42. The number of nitrogens with zero attached hydrogens (tertiary/aromatic N) is 1. The lowest BCUT2D eigenvalue weighted by Crippen LogP contribution is -2.17. The first-order valence-electron chi connectivity index (χ1n) is 4.63. The summed E-state index contributed by atoms with van der Waals surface area (Å²) in [4.78, 5) is 11.7. The zero-order valence-electron chi connectivity index (χ0n) is 8.27. The molecule has 0 radical (unpaired) electrons. The van der Waals surface area contributed by atoms with E-state index in [4.69, 9.17) is 0 Å². The third-order valence-corrected chi connectivity index (χ3v) is 3.08. The Balaban J connectivity index is 2.65. The molecule has 1 heterocycles. The molecule has 0 amide bonds. The van der Waals surface area contributed by atoms with Gasteiger partial charge in [0.05, 0.1) is 0 Å². The Morgan fingerprint density at radius 1 is 1.20 bits per heavy atom. The first-order chi connectivity index (χ1) is 7.18. The van der Waals surface area contributed by atoms with Gasteiger partial charge in [0, 0.05) is 22.4 Å². The van der Waals surface area contributed by atoms with E-state index in [1.165, 1.54) is 0 Å². The summed E-state index contributed by atoms with van der Waals surface area (Å²) < 4.78 is 2.49. The van der Waals surface area contributed by atoms with E-state index >= 15 is 0 Å². The quantitative estimate of drug-likeness (QED) is 0.776. The van der Waals surface area contributed by atoms with Gasteiger partial charge < -0.3 is 0 Å². The Labute approximate surface area is 96.3 Å². The molecule has 76 valence electrons. The van der Waals surface area contributed by atoms with Crippen LogP contribution in [0, 0.1) is 6.92 Å². The molecule has 0 saturated heterocycles.